The Hall–Kier alpha value is -0.280. The highest BCUT2D eigenvalue weighted by molar-refractivity contribution is 7.92. The zero-order chi connectivity index (χ0) is 13.9. The second kappa shape index (κ2) is 6.25. The number of sulfonamides is 1. The summed E-state index contributed by atoms with van der Waals surface area (Å²) < 4.78 is 31.6. The molecule has 0 aromatic carbocycles. The molecule has 1 rings (SSSR count). The molecule has 1 aliphatic rings. The van der Waals surface area contributed by atoms with Crippen LogP contribution in [0.15, 0.2) is 0 Å². The number of hydrogen-bond acceptors (Lipinski definition) is 5. The minimum atomic E-state index is -3.59. The minimum absolute atomic E-state index is 0.0169. The third-order valence-electron chi connectivity index (χ3n) is 3.03. The predicted molar refractivity (Wildman–Crippen MR) is 72.8 cm³/mol. The molecule has 8 heteroatoms. The van der Waals surface area contributed by atoms with Crippen LogP contribution < -0.4 is 5.73 Å². The summed E-state index contributed by atoms with van der Waals surface area (Å²) in [7, 11) is -3.59. The van der Waals surface area contributed by atoms with E-state index in [2.05, 4.69) is 0 Å². The monoisotopic (exact) mass is 296 g/mol. The maximum Gasteiger partial charge on any atom is 0.223 e. The molecule has 1 heterocycles. The van der Waals surface area contributed by atoms with Gasteiger partial charge in [-0.25, -0.2) is 8.42 Å². The second-order valence-corrected chi connectivity index (χ2v) is 6.94. The van der Waals surface area contributed by atoms with Crippen molar-refractivity contribution in [3.8, 4) is 0 Å². The summed E-state index contributed by atoms with van der Waals surface area (Å²) in [6.45, 7) is 3.69. The van der Waals surface area contributed by atoms with Gasteiger partial charge in [0.1, 0.15) is 5.25 Å². The van der Waals surface area contributed by atoms with E-state index in [1.165, 1.54) is 4.31 Å². The fourth-order valence-corrected chi connectivity index (χ4v) is 4.49. The van der Waals surface area contributed by atoms with Crippen LogP contribution in [0.5, 0.6) is 0 Å². The molecular weight excluding hydrogens is 276 g/mol. The van der Waals surface area contributed by atoms with Gasteiger partial charge in [-0.3, -0.25) is 0 Å². The first-order valence-electron chi connectivity index (χ1n) is 5.87. The topological polar surface area (TPSA) is 92.9 Å². The van der Waals surface area contributed by atoms with Gasteiger partial charge in [0.15, 0.2) is 0 Å². The van der Waals surface area contributed by atoms with Gasteiger partial charge < -0.3 is 15.6 Å². The molecular formula is C10H20N2O4S2. The number of nitrogens with zero attached hydrogens (tertiary/aromatic N) is 1. The summed E-state index contributed by atoms with van der Waals surface area (Å²) in [6, 6.07) is -0.277. The maximum absolute atomic E-state index is 12.5. The van der Waals surface area contributed by atoms with Gasteiger partial charge in [-0.05, 0) is 13.3 Å². The van der Waals surface area contributed by atoms with Crippen LogP contribution in [0.25, 0.3) is 0 Å². The first-order chi connectivity index (χ1) is 8.34. The Morgan fingerprint density at radius 3 is 2.72 bits per heavy atom. The van der Waals surface area contributed by atoms with Crippen molar-refractivity contribution in [2.45, 2.75) is 37.7 Å². The normalized spacial score (nSPS) is 27.9. The molecule has 0 aromatic heterocycles. The van der Waals surface area contributed by atoms with E-state index < -0.39 is 21.4 Å². The van der Waals surface area contributed by atoms with Crippen LogP contribution in [0.4, 0.5) is 0 Å². The SMILES string of the molecule is CCC(C(N)=S)S(=O)(=O)N1CC(CO)OCC1C. The van der Waals surface area contributed by atoms with Crippen molar-refractivity contribution in [1.82, 2.24) is 4.31 Å². The van der Waals surface area contributed by atoms with Crippen molar-refractivity contribution in [2.75, 3.05) is 19.8 Å². The van der Waals surface area contributed by atoms with Crippen LogP contribution >= 0.6 is 12.2 Å². The van der Waals surface area contributed by atoms with E-state index in [0.717, 1.165) is 0 Å². The summed E-state index contributed by atoms with van der Waals surface area (Å²) in [5, 5.41) is 8.21. The van der Waals surface area contributed by atoms with Crippen molar-refractivity contribution in [3.63, 3.8) is 0 Å². The van der Waals surface area contributed by atoms with Crippen LogP contribution in [0.3, 0.4) is 0 Å². The highest BCUT2D eigenvalue weighted by atomic mass is 32.2. The minimum Gasteiger partial charge on any atom is -0.394 e. The Morgan fingerprint density at radius 2 is 2.28 bits per heavy atom. The predicted octanol–water partition coefficient (Wildman–Crippen LogP) is -0.537. The van der Waals surface area contributed by atoms with Gasteiger partial charge in [-0.2, -0.15) is 4.31 Å². The molecule has 0 bridgehead atoms. The van der Waals surface area contributed by atoms with Crippen LogP contribution in [0, 0.1) is 0 Å². The van der Waals surface area contributed by atoms with Crippen molar-refractivity contribution >= 4 is 27.2 Å². The molecule has 0 saturated carbocycles. The summed E-state index contributed by atoms with van der Waals surface area (Å²) in [5.74, 6) is 0. The van der Waals surface area contributed by atoms with Crippen LogP contribution in [0.1, 0.15) is 20.3 Å². The molecule has 6 nitrogen and oxygen atoms in total. The van der Waals surface area contributed by atoms with Crippen molar-refractivity contribution in [1.29, 1.82) is 0 Å². The van der Waals surface area contributed by atoms with E-state index in [0.29, 0.717) is 6.42 Å². The molecule has 18 heavy (non-hydrogen) atoms. The number of hydrogen-bond donors (Lipinski definition) is 2. The molecule has 1 saturated heterocycles. The van der Waals surface area contributed by atoms with Crippen LogP contribution in [-0.2, 0) is 14.8 Å². The standard InChI is InChI=1S/C10H20N2O4S2/c1-3-9(10(11)17)18(14,15)12-4-8(5-13)16-6-7(12)2/h7-9,13H,3-6H2,1-2H3,(H2,11,17). The second-order valence-electron chi connectivity index (χ2n) is 4.40. The lowest BCUT2D eigenvalue weighted by atomic mass is 10.2. The first-order valence-corrected chi connectivity index (χ1v) is 7.78. The third-order valence-corrected chi connectivity index (χ3v) is 5.93. The molecule has 3 unspecified atom stereocenters. The van der Waals surface area contributed by atoms with Crippen LogP contribution in [0.2, 0.25) is 0 Å². The van der Waals surface area contributed by atoms with Gasteiger partial charge in [0.05, 0.1) is 24.3 Å². The highest BCUT2D eigenvalue weighted by Gasteiger charge is 2.39. The van der Waals surface area contributed by atoms with Gasteiger partial charge in [-0.15, -0.1) is 0 Å². The zero-order valence-corrected chi connectivity index (χ0v) is 12.2. The summed E-state index contributed by atoms with van der Waals surface area (Å²) >= 11 is 4.82. The van der Waals surface area contributed by atoms with Gasteiger partial charge in [0.25, 0.3) is 0 Å². The smallest absolute Gasteiger partial charge is 0.223 e. The third kappa shape index (κ3) is 3.18. The number of thiocarbonyl (C=S) groups is 1. The van der Waals surface area contributed by atoms with Gasteiger partial charge in [0.2, 0.25) is 10.0 Å². The van der Waals surface area contributed by atoms with E-state index in [4.69, 9.17) is 27.8 Å². The zero-order valence-electron chi connectivity index (χ0n) is 10.6. The Kier molecular flexibility index (Phi) is 5.47. The molecule has 106 valence electrons. The molecule has 0 aliphatic carbocycles. The maximum atomic E-state index is 12.5. The molecule has 0 radical (unpaired) electrons. The lowest BCUT2D eigenvalue weighted by Crippen LogP contribution is -2.55. The van der Waals surface area contributed by atoms with E-state index >= 15 is 0 Å². The number of morpholine rings is 1. The van der Waals surface area contributed by atoms with Gasteiger partial charge in [-0.1, -0.05) is 19.1 Å². The molecule has 0 amide bonds. The Morgan fingerprint density at radius 1 is 1.67 bits per heavy atom. The summed E-state index contributed by atoms with van der Waals surface area (Å²) in [6.07, 6.45) is -0.147. The first kappa shape index (κ1) is 15.8. The van der Waals surface area contributed by atoms with E-state index in [1.807, 2.05) is 0 Å². The Bertz CT molecular complexity index is 399. The Balaban J connectivity index is 2.98. The molecule has 0 aromatic rings. The van der Waals surface area contributed by atoms with Gasteiger partial charge in [0, 0.05) is 12.6 Å². The Labute approximate surface area is 113 Å². The van der Waals surface area contributed by atoms with Gasteiger partial charge >= 0.3 is 0 Å². The fraction of sp³-hybridized carbons (Fsp3) is 0.900. The lowest BCUT2D eigenvalue weighted by Gasteiger charge is -2.38. The average molecular weight is 296 g/mol. The highest BCUT2D eigenvalue weighted by Crippen LogP contribution is 2.21. The molecule has 1 fully saturated rings. The molecule has 3 atom stereocenters. The average Bonchev–Trinajstić information content (AvgIpc) is 2.29. The van der Waals surface area contributed by atoms with E-state index in [1.54, 1.807) is 13.8 Å². The lowest BCUT2D eigenvalue weighted by molar-refractivity contribution is -0.0517. The van der Waals surface area contributed by atoms with Crippen molar-refractivity contribution in [2.24, 2.45) is 5.73 Å². The number of ether oxygens (including phenoxy) is 1. The quantitative estimate of drug-likeness (QED) is 0.662. The number of nitrogens with two attached hydrogens (primary N) is 1. The van der Waals surface area contributed by atoms with E-state index in [9.17, 15) is 8.42 Å². The fourth-order valence-electron chi connectivity index (χ4n) is 1.98. The summed E-state index contributed by atoms with van der Waals surface area (Å²) in [5.41, 5.74) is 5.50. The number of aliphatic hydroxyl groups is 1. The van der Waals surface area contributed by atoms with E-state index in [-0.39, 0.29) is 30.8 Å². The van der Waals surface area contributed by atoms with Crippen molar-refractivity contribution < 1.29 is 18.3 Å². The largest absolute Gasteiger partial charge is 0.394 e. The molecule has 3 N–H and O–H groups in total. The number of rotatable bonds is 5. The molecule has 1 aliphatic heterocycles. The summed E-state index contributed by atoms with van der Waals surface area (Å²) in [4.78, 5) is -0.0169. The van der Waals surface area contributed by atoms with Crippen LogP contribution in [-0.4, -0.2) is 60.0 Å². The molecule has 0 spiro atoms. The van der Waals surface area contributed by atoms with Crippen molar-refractivity contribution in [3.05, 3.63) is 0 Å². The number of aliphatic hydroxyl groups excluding tert-OH is 1.